The first-order valence-electron chi connectivity index (χ1n) is 7.98. The van der Waals surface area contributed by atoms with Gasteiger partial charge >= 0.3 is 5.97 Å². The summed E-state index contributed by atoms with van der Waals surface area (Å²) in [6.07, 6.45) is 0.397. The van der Waals surface area contributed by atoms with E-state index in [9.17, 15) is 13.6 Å². The summed E-state index contributed by atoms with van der Waals surface area (Å²) in [4.78, 5) is 11.2. The number of thioether (sulfide) groups is 1. The van der Waals surface area contributed by atoms with Gasteiger partial charge in [0.25, 0.3) is 0 Å². The fourth-order valence-corrected chi connectivity index (χ4v) is 2.97. The predicted molar refractivity (Wildman–Crippen MR) is 94.5 cm³/mol. The molecular weight excluding hydrogens is 346 g/mol. The summed E-state index contributed by atoms with van der Waals surface area (Å²) in [7, 11) is 0. The van der Waals surface area contributed by atoms with Gasteiger partial charge in [-0.05, 0) is 36.8 Å². The fraction of sp³-hybridized carbons (Fsp3) is 0.316. The monoisotopic (exact) mass is 366 g/mol. The third kappa shape index (κ3) is 6.38. The maximum absolute atomic E-state index is 13.5. The molecule has 0 aliphatic carbocycles. The molecule has 0 fully saturated rings. The number of halogens is 2. The molecule has 0 heterocycles. The quantitative estimate of drug-likeness (QED) is 0.475. The molecule has 0 saturated heterocycles. The summed E-state index contributed by atoms with van der Waals surface area (Å²) < 4.78 is 37.4. The van der Waals surface area contributed by atoms with Gasteiger partial charge in [-0.15, -0.1) is 0 Å². The number of hydrogen-bond acceptors (Lipinski definition) is 4. The highest BCUT2D eigenvalue weighted by Crippen LogP contribution is 2.20. The van der Waals surface area contributed by atoms with Crippen molar-refractivity contribution in [2.24, 2.45) is 0 Å². The summed E-state index contributed by atoms with van der Waals surface area (Å²) >= 11 is 1.64. The van der Waals surface area contributed by atoms with Gasteiger partial charge in [0.05, 0.1) is 18.6 Å². The molecule has 0 aromatic heterocycles. The van der Waals surface area contributed by atoms with Crippen molar-refractivity contribution < 1.29 is 23.0 Å². The molecule has 0 bridgehead atoms. The van der Waals surface area contributed by atoms with Crippen LogP contribution < -0.4 is 4.74 Å². The first kappa shape index (κ1) is 19.2. The lowest BCUT2D eigenvalue weighted by Crippen LogP contribution is -2.04. The molecule has 0 amide bonds. The number of carbonyl (C=O) groups excluding carboxylic acids is 1. The first-order valence-corrected chi connectivity index (χ1v) is 9.13. The minimum atomic E-state index is -0.616. The number of rotatable bonds is 9. The Morgan fingerprint density at radius 1 is 1.08 bits per heavy atom. The van der Waals surface area contributed by atoms with Crippen molar-refractivity contribution in [1.29, 1.82) is 0 Å². The Morgan fingerprint density at radius 3 is 2.40 bits per heavy atom. The van der Waals surface area contributed by atoms with Gasteiger partial charge in [0.2, 0.25) is 0 Å². The normalized spacial score (nSPS) is 10.5. The maximum Gasteiger partial charge on any atom is 0.306 e. The molecule has 0 aliphatic heterocycles. The van der Waals surface area contributed by atoms with Gasteiger partial charge in [-0.2, -0.15) is 11.8 Å². The average molecular weight is 366 g/mol. The third-order valence-electron chi connectivity index (χ3n) is 3.39. The van der Waals surface area contributed by atoms with Crippen LogP contribution in [-0.4, -0.2) is 18.3 Å². The van der Waals surface area contributed by atoms with Crippen LogP contribution >= 0.6 is 11.8 Å². The Hall–Kier alpha value is -2.08. The van der Waals surface area contributed by atoms with Crippen LogP contribution in [0.5, 0.6) is 5.75 Å². The Kier molecular flexibility index (Phi) is 7.73. The van der Waals surface area contributed by atoms with Gasteiger partial charge in [0.1, 0.15) is 24.0 Å². The van der Waals surface area contributed by atoms with Gasteiger partial charge in [0.15, 0.2) is 0 Å². The molecule has 2 rings (SSSR count). The molecule has 134 valence electrons. The molecule has 2 aromatic carbocycles. The van der Waals surface area contributed by atoms with E-state index in [4.69, 9.17) is 9.47 Å². The molecule has 3 nitrogen and oxygen atoms in total. The largest absolute Gasteiger partial charge is 0.489 e. The van der Waals surface area contributed by atoms with Gasteiger partial charge in [-0.1, -0.05) is 18.2 Å². The number of carbonyl (C=O) groups is 1. The van der Waals surface area contributed by atoms with Crippen molar-refractivity contribution in [3.8, 4) is 5.75 Å². The number of ether oxygens (including phenoxy) is 2. The smallest absolute Gasteiger partial charge is 0.306 e. The van der Waals surface area contributed by atoms with Crippen molar-refractivity contribution in [2.75, 3.05) is 12.4 Å². The van der Waals surface area contributed by atoms with Crippen molar-refractivity contribution in [2.45, 2.75) is 25.7 Å². The van der Waals surface area contributed by atoms with E-state index >= 15 is 0 Å². The molecule has 0 N–H and O–H groups in total. The summed E-state index contributed by atoms with van der Waals surface area (Å²) in [5.74, 6) is 0.594. The molecule has 25 heavy (non-hydrogen) atoms. The fourth-order valence-electron chi connectivity index (χ4n) is 2.09. The highest BCUT2D eigenvalue weighted by Gasteiger charge is 2.09. The Balaban J connectivity index is 1.77. The molecule has 0 saturated carbocycles. The minimum absolute atomic E-state index is 0.0823. The lowest BCUT2D eigenvalue weighted by atomic mass is 10.2. The van der Waals surface area contributed by atoms with E-state index in [0.29, 0.717) is 24.5 Å². The topological polar surface area (TPSA) is 35.5 Å². The van der Waals surface area contributed by atoms with Crippen LogP contribution in [-0.2, 0) is 21.9 Å². The van der Waals surface area contributed by atoms with E-state index in [-0.39, 0.29) is 18.1 Å². The maximum atomic E-state index is 13.5. The molecule has 6 heteroatoms. The highest BCUT2D eigenvalue weighted by molar-refractivity contribution is 7.98. The molecule has 2 aromatic rings. The Bertz CT molecular complexity index is 669. The van der Waals surface area contributed by atoms with E-state index in [2.05, 4.69) is 0 Å². The van der Waals surface area contributed by atoms with E-state index < -0.39 is 11.6 Å². The predicted octanol–water partition coefficient (Wildman–Crippen LogP) is 4.73. The zero-order valence-corrected chi connectivity index (χ0v) is 14.8. The molecule has 0 aliphatic rings. The van der Waals surface area contributed by atoms with Crippen LogP contribution in [0.3, 0.4) is 0 Å². The van der Waals surface area contributed by atoms with Gasteiger partial charge in [-0.25, -0.2) is 8.78 Å². The van der Waals surface area contributed by atoms with E-state index in [0.717, 1.165) is 11.3 Å². The van der Waals surface area contributed by atoms with Crippen LogP contribution in [0.2, 0.25) is 0 Å². The molecule has 0 spiro atoms. The van der Waals surface area contributed by atoms with E-state index in [1.807, 2.05) is 12.1 Å². The van der Waals surface area contributed by atoms with Crippen LogP contribution in [0, 0.1) is 11.6 Å². The van der Waals surface area contributed by atoms with Crippen molar-refractivity contribution in [3.05, 3.63) is 65.2 Å². The highest BCUT2D eigenvalue weighted by atomic mass is 32.2. The number of benzene rings is 2. The zero-order chi connectivity index (χ0) is 18.1. The van der Waals surface area contributed by atoms with E-state index in [1.165, 1.54) is 18.2 Å². The minimum Gasteiger partial charge on any atom is -0.489 e. The van der Waals surface area contributed by atoms with Crippen LogP contribution in [0.15, 0.2) is 42.5 Å². The molecule has 0 unspecified atom stereocenters. The molecule has 0 radical (unpaired) electrons. The number of esters is 1. The Morgan fingerprint density at radius 2 is 1.76 bits per heavy atom. The number of hydrogen-bond donors (Lipinski definition) is 0. The summed E-state index contributed by atoms with van der Waals surface area (Å²) in [5.41, 5.74) is 0.999. The van der Waals surface area contributed by atoms with Gasteiger partial charge in [-0.3, -0.25) is 4.79 Å². The van der Waals surface area contributed by atoms with Gasteiger partial charge < -0.3 is 9.47 Å². The second-order valence-electron chi connectivity index (χ2n) is 5.24. The lowest BCUT2D eigenvalue weighted by molar-refractivity contribution is -0.142. The van der Waals surface area contributed by atoms with Crippen LogP contribution in [0.4, 0.5) is 8.78 Å². The molecular formula is C19H20F2O3S. The summed E-state index contributed by atoms with van der Waals surface area (Å²) in [6, 6.07) is 11.0. The summed E-state index contributed by atoms with van der Waals surface area (Å²) in [6.45, 7) is 2.03. The van der Waals surface area contributed by atoms with E-state index in [1.54, 1.807) is 30.8 Å². The van der Waals surface area contributed by atoms with Crippen molar-refractivity contribution in [3.63, 3.8) is 0 Å². The van der Waals surface area contributed by atoms with Crippen LogP contribution in [0.1, 0.15) is 24.5 Å². The third-order valence-corrected chi connectivity index (χ3v) is 4.42. The lowest BCUT2D eigenvalue weighted by Gasteiger charge is -2.09. The zero-order valence-electron chi connectivity index (χ0n) is 14.0. The van der Waals surface area contributed by atoms with Crippen molar-refractivity contribution >= 4 is 17.7 Å². The standard InChI is InChI=1S/C19H20F2O3S/c1-2-23-19(22)10-11-25-13-14-6-8-15(9-7-14)24-12-16-17(20)4-3-5-18(16)21/h3-9H,2,10-13H2,1H3. The Labute approximate surface area is 150 Å². The SMILES string of the molecule is CCOC(=O)CCSCc1ccc(OCc2c(F)cccc2F)cc1. The van der Waals surface area contributed by atoms with Gasteiger partial charge in [0, 0.05) is 11.5 Å². The average Bonchev–Trinajstić information content (AvgIpc) is 2.60. The van der Waals surface area contributed by atoms with Crippen molar-refractivity contribution in [1.82, 2.24) is 0 Å². The van der Waals surface area contributed by atoms with Crippen LogP contribution in [0.25, 0.3) is 0 Å². The molecule has 0 atom stereocenters. The second-order valence-corrected chi connectivity index (χ2v) is 6.35. The second kappa shape index (κ2) is 10.0. The summed E-state index contributed by atoms with van der Waals surface area (Å²) in [5, 5.41) is 0. The first-order chi connectivity index (χ1) is 12.1.